The molecule has 0 saturated heterocycles. The van der Waals surface area contributed by atoms with Crippen molar-refractivity contribution < 1.29 is 9.53 Å². The number of hydrogen-bond donors (Lipinski definition) is 0. The van der Waals surface area contributed by atoms with Crippen molar-refractivity contribution in [2.45, 2.75) is 19.8 Å². The summed E-state index contributed by atoms with van der Waals surface area (Å²) in [5.74, 6) is 0. The van der Waals surface area contributed by atoms with Gasteiger partial charge in [-0.05, 0) is 18.0 Å². The standard InChI is InChI=1S/C6H11ClO2/c1-2-4-9-5-3-6(7)8/h2-5H2,1H3. The van der Waals surface area contributed by atoms with E-state index in [1.54, 1.807) is 0 Å². The molecule has 9 heavy (non-hydrogen) atoms. The van der Waals surface area contributed by atoms with Crippen molar-refractivity contribution in [3.8, 4) is 0 Å². The lowest BCUT2D eigenvalue weighted by molar-refractivity contribution is -0.112. The predicted octanol–water partition coefficient (Wildman–Crippen LogP) is 1.57. The molecule has 0 aliphatic rings. The van der Waals surface area contributed by atoms with Crippen LogP contribution in [0, 0.1) is 0 Å². The van der Waals surface area contributed by atoms with Crippen molar-refractivity contribution in [1.82, 2.24) is 0 Å². The second-order valence-corrected chi connectivity index (χ2v) is 2.14. The van der Waals surface area contributed by atoms with Gasteiger partial charge in [0.2, 0.25) is 5.24 Å². The van der Waals surface area contributed by atoms with Crippen LogP contribution >= 0.6 is 11.6 Å². The van der Waals surface area contributed by atoms with Crippen LogP contribution < -0.4 is 0 Å². The number of rotatable bonds is 5. The highest BCUT2D eigenvalue weighted by Gasteiger charge is 1.93. The van der Waals surface area contributed by atoms with Crippen molar-refractivity contribution in [2.24, 2.45) is 0 Å². The third-order valence-electron chi connectivity index (χ3n) is 0.791. The van der Waals surface area contributed by atoms with Gasteiger partial charge < -0.3 is 4.74 Å². The molecule has 0 aliphatic carbocycles. The van der Waals surface area contributed by atoms with E-state index in [1.807, 2.05) is 6.92 Å². The van der Waals surface area contributed by atoms with Crippen molar-refractivity contribution in [3.05, 3.63) is 0 Å². The van der Waals surface area contributed by atoms with Gasteiger partial charge in [-0.1, -0.05) is 6.92 Å². The van der Waals surface area contributed by atoms with Gasteiger partial charge in [-0.3, -0.25) is 4.79 Å². The summed E-state index contributed by atoms with van der Waals surface area (Å²) in [5.41, 5.74) is 0. The molecule has 0 aromatic rings. The minimum Gasteiger partial charge on any atom is -0.381 e. The van der Waals surface area contributed by atoms with Crippen LogP contribution in [0.4, 0.5) is 0 Å². The molecule has 0 fully saturated rings. The number of ether oxygens (including phenoxy) is 1. The SMILES string of the molecule is CCCOCCC(=O)Cl. The van der Waals surface area contributed by atoms with Crippen molar-refractivity contribution in [3.63, 3.8) is 0 Å². The Labute approximate surface area is 60.1 Å². The maximum absolute atomic E-state index is 10.1. The second-order valence-electron chi connectivity index (χ2n) is 1.72. The fraction of sp³-hybridized carbons (Fsp3) is 0.833. The second kappa shape index (κ2) is 6.05. The Kier molecular flexibility index (Phi) is 5.99. The summed E-state index contributed by atoms with van der Waals surface area (Å²) < 4.78 is 4.99. The molecular weight excluding hydrogens is 140 g/mol. The summed E-state index contributed by atoms with van der Waals surface area (Å²) in [6.07, 6.45) is 1.30. The molecule has 0 bridgehead atoms. The Morgan fingerprint density at radius 3 is 2.67 bits per heavy atom. The average Bonchev–Trinajstić information content (AvgIpc) is 1.80. The van der Waals surface area contributed by atoms with E-state index in [0.717, 1.165) is 6.42 Å². The van der Waals surface area contributed by atoms with E-state index < -0.39 is 0 Å². The molecule has 0 radical (unpaired) electrons. The van der Waals surface area contributed by atoms with E-state index >= 15 is 0 Å². The first-order valence-electron chi connectivity index (χ1n) is 3.03. The van der Waals surface area contributed by atoms with E-state index in [2.05, 4.69) is 0 Å². The van der Waals surface area contributed by atoms with Crippen LogP contribution in [0.1, 0.15) is 19.8 Å². The molecule has 0 aromatic carbocycles. The van der Waals surface area contributed by atoms with E-state index in [9.17, 15) is 4.79 Å². The van der Waals surface area contributed by atoms with Crippen molar-refractivity contribution >= 4 is 16.8 Å². The molecule has 0 heterocycles. The minimum absolute atomic E-state index is 0.321. The van der Waals surface area contributed by atoms with Crippen LogP contribution in [0.2, 0.25) is 0 Å². The maximum Gasteiger partial charge on any atom is 0.223 e. The zero-order chi connectivity index (χ0) is 7.11. The molecule has 0 unspecified atom stereocenters. The Hall–Kier alpha value is -0.0800. The normalized spacial score (nSPS) is 9.56. The maximum atomic E-state index is 10.1. The third kappa shape index (κ3) is 7.92. The van der Waals surface area contributed by atoms with Crippen LogP contribution in [-0.4, -0.2) is 18.5 Å². The smallest absolute Gasteiger partial charge is 0.223 e. The fourth-order valence-electron chi connectivity index (χ4n) is 0.399. The summed E-state index contributed by atoms with van der Waals surface area (Å²) in [7, 11) is 0. The largest absolute Gasteiger partial charge is 0.381 e. The minimum atomic E-state index is -0.328. The molecular formula is C6H11ClO2. The number of carbonyl (C=O) groups excluding carboxylic acids is 1. The van der Waals surface area contributed by atoms with Gasteiger partial charge in [-0.25, -0.2) is 0 Å². The van der Waals surface area contributed by atoms with Crippen molar-refractivity contribution in [1.29, 1.82) is 0 Å². The van der Waals surface area contributed by atoms with Gasteiger partial charge in [0.25, 0.3) is 0 Å². The highest BCUT2D eigenvalue weighted by Crippen LogP contribution is 1.89. The Morgan fingerprint density at radius 1 is 1.56 bits per heavy atom. The zero-order valence-corrected chi connectivity index (χ0v) is 6.28. The molecule has 0 atom stereocenters. The Morgan fingerprint density at radius 2 is 2.22 bits per heavy atom. The lowest BCUT2D eigenvalue weighted by Gasteiger charge is -1.96. The van der Waals surface area contributed by atoms with E-state index in [-0.39, 0.29) is 5.24 Å². The van der Waals surface area contributed by atoms with Gasteiger partial charge in [-0.15, -0.1) is 0 Å². The number of carbonyl (C=O) groups is 1. The molecule has 0 spiro atoms. The summed E-state index contributed by atoms with van der Waals surface area (Å²) >= 11 is 5.04. The third-order valence-corrected chi connectivity index (χ3v) is 0.980. The predicted molar refractivity (Wildman–Crippen MR) is 36.6 cm³/mol. The van der Waals surface area contributed by atoms with Crippen LogP contribution in [0.25, 0.3) is 0 Å². The van der Waals surface area contributed by atoms with E-state index in [1.165, 1.54) is 0 Å². The summed E-state index contributed by atoms with van der Waals surface area (Å²) in [5, 5.41) is -0.328. The molecule has 0 aromatic heterocycles. The molecule has 0 rings (SSSR count). The Balaban J connectivity index is 2.83. The molecule has 54 valence electrons. The summed E-state index contributed by atoms with van der Waals surface area (Å²) in [4.78, 5) is 10.1. The van der Waals surface area contributed by atoms with Gasteiger partial charge in [0.05, 0.1) is 6.61 Å². The van der Waals surface area contributed by atoms with Crippen molar-refractivity contribution in [2.75, 3.05) is 13.2 Å². The summed E-state index contributed by atoms with van der Waals surface area (Å²) in [6, 6.07) is 0. The summed E-state index contributed by atoms with van der Waals surface area (Å²) in [6.45, 7) is 3.18. The fourth-order valence-corrected chi connectivity index (χ4v) is 0.476. The van der Waals surface area contributed by atoms with Gasteiger partial charge in [0, 0.05) is 13.0 Å². The van der Waals surface area contributed by atoms with Crippen LogP contribution in [0.3, 0.4) is 0 Å². The lowest BCUT2D eigenvalue weighted by Crippen LogP contribution is -1.98. The van der Waals surface area contributed by atoms with Crippen LogP contribution in [0.5, 0.6) is 0 Å². The lowest BCUT2D eigenvalue weighted by atomic mass is 10.5. The first-order valence-corrected chi connectivity index (χ1v) is 3.41. The molecule has 2 nitrogen and oxygen atoms in total. The van der Waals surface area contributed by atoms with Gasteiger partial charge in [-0.2, -0.15) is 0 Å². The van der Waals surface area contributed by atoms with Crippen LogP contribution in [-0.2, 0) is 9.53 Å². The first kappa shape index (κ1) is 8.92. The highest BCUT2D eigenvalue weighted by molar-refractivity contribution is 6.63. The monoisotopic (exact) mass is 150 g/mol. The topological polar surface area (TPSA) is 26.3 Å². The molecule has 0 amide bonds. The number of halogens is 1. The zero-order valence-electron chi connectivity index (χ0n) is 5.52. The van der Waals surface area contributed by atoms with E-state index in [0.29, 0.717) is 19.6 Å². The molecule has 0 N–H and O–H groups in total. The number of hydrogen-bond acceptors (Lipinski definition) is 2. The Bertz CT molecular complexity index is 83.1. The molecule has 3 heteroatoms. The van der Waals surface area contributed by atoms with Gasteiger partial charge >= 0.3 is 0 Å². The molecule has 0 aliphatic heterocycles. The van der Waals surface area contributed by atoms with Crippen LogP contribution in [0.15, 0.2) is 0 Å². The molecule has 0 saturated carbocycles. The highest BCUT2D eigenvalue weighted by atomic mass is 35.5. The van der Waals surface area contributed by atoms with E-state index in [4.69, 9.17) is 16.3 Å². The average molecular weight is 151 g/mol. The quantitative estimate of drug-likeness (QED) is 0.439. The van der Waals surface area contributed by atoms with Gasteiger partial charge in [0.15, 0.2) is 0 Å². The first-order chi connectivity index (χ1) is 4.27. The van der Waals surface area contributed by atoms with Gasteiger partial charge in [0.1, 0.15) is 0 Å².